The molecule has 0 N–H and O–H groups in total. The number of hydrogen-bond donors (Lipinski definition) is 0. The van der Waals surface area contributed by atoms with Crippen molar-refractivity contribution in [2.45, 2.75) is 12.8 Å². The van der Waals surface area contributed by atoms with Crippen molar-refractivity contribution in [3.8, 4) is 6.07 Å². The van der Waals surface area contributed by atoms with Crippen LogP contribution in [0.3, 0.4) is 0 Å². The summed E-state index contributed by atoms with van der Waals surface area (Å²) in [5, 5.41) is 8.28. The van der Waals surface area contributed by atoms with E-state index in [4.69, 9.17) is 5.26 Å². The average molecular weight is 266 g/mol. The second-order valence-electron chi connectivity index (χ2n) is 3.96. The van der Waals surface area contributed by atoms with E-state index < -0.39 is 0 Å². The molecule has 1 aromatic heterocycles. The fourth-order valence-electron chi connectivity index (χ4n) is 1.65. The molecule has 0 fully saturated rings. The van der Waals surface area contributed by atoms with Crippen LogP contribution in [0.1, 0.15) is 12.0 Å². The summed E-state index contributed by atoms with van der Waals surface area (Å²) in [6.07, 6.45) is 1.49. The summed E-state index contributed by atoms with van der Waals surface area (Å²) in [7, 11) is 0. The van der Waals surface area contributed by atoms with Crippen LogP contribution in [-0.2, 0) is 6.42 Å². The van der Waals surface area contributed by atoms with Crippen LogP contribution in [0.15, 0.2) is 60.1 Å². The predicted molar refractivity (Wildman–Crippen MR) is 80.0 cm³/mol. The van der Waals surface area contributed by atoms with Crippen molar-refractivity contribution >= 4 is 21.6 Å². The van der Waals surface area contributed by atoms with Crippen LogP contribution < -0.4 is 0 Å². The number of rotatable bonds is 2. The lowest BCUT2D eigenvalue weighted by molar-refractivity contribution is 1.01. The summed E-state index contributed by atoms with van der Waals surface area (Å²) >= 11 is 1.68. The third-order valence-electron chi connectivity index (χ3n) is 2.61. The molecule has 0 amide bonds. The van der Waals surface area contributed by atoms with Crippen LogP contribution in [0.4, 0.5) is 0 Å². The van der Waals surface area contributed by atoms with Crippen LogP contribution in [0.25, 0.3) is 10.2 Å². The molecule has 3 aromatic rings. The van der Waals surface area contributed by atoms with E-state index in [1.807, 2.05) is 54.0 Å². The molecule has 0 saturated heterocycles. The van der Waals surface area contributed by atoms with E-state index in [1.165, 1.54) is 10.3 Å². The smallest absolute Gasteiger partial charge is 0.0812 e. The van der Waals surface area contributed by atoms with Gasteiger partial charge in [-0.3, -0.25) is 0 Å². The van der Waals surface area contributed by atoms with E-state index in [1.54, 1.807) is 11.3 Å². The van der Waals surface area contributed by atoms with Crippen molar-refractivity contribution in [3.63, 3.8) is 0 Å². The zero-order valence-electron chi connectivity index (χ0n) is 10.5. The lowest BCUT2D eigenvalue weighted by Crippen LogP contribution is -1.80. The Balaban J connectivity index is 0.000000141. The summed E-state index contributed by atoms with van der Waals surface area (Å²) < 4.78 is 1.26. The molecule has 0 atom stereocenters. The van der Waals surface area contributed by atoms with Gasteiger partial charge in [0.15, 0.2) is 0 Å². The molecule has 0 radical (unpaired) electrons. The van der Waals surface area contributed by atoms with Crippen LogP contribution in [0.2, 0.25) is 0 Å². The first-order valence-corrected chi connectivity index (χ1v) is 6.97. The van der Waals surface area contributed by atoms with Gasteiger partial charge in [-0.1, -0.05) is 42.5 Å². The van der Waals surface area contributed by atoms with Crippen LogP contribution in [0, 0.1) is 11.3 Å². The van der Waals surface area contributed by atoms with Gasteiger partial charge in [0.2, 0.25) is 0 Å². The number of fused-ring (bicyclic) bond motifs is 1. The van der Waals surface area contributed by atoms with Gasteiger partial charge in [-0.15, -0.1) is 11.3 Å². The zero-order chi connectivity index (χ0) is 13.3. The minimum absolute atomic E-state index is 0.615. The number of benzene rings is 2. The third-order valence-corrected chi connectivity index (χ3v) is 3.41. The molecule has 3 heteroatoms. The van der Waals surface area contributed by atoms with E-state index in [0.29, 0.717) is 6.42 Å². The Bertz CT molecular complexity index is 623. The average Bonchev–Trinajstić information content (AvgIpc) is 2.95. The highest BCUT2D eigenvalue weighted by Gasteiger charge is 1.89. The molecule has 0 unspecified atom stereocenters. The van der Waals surface area contributed by atoms with Crippen molar-refractivity contribution in [2.75, 3.05) is 0 Å². The first kappa shape index (κ1) is 13.3. The largest absolute Gasteiger partial charge is 0.245 e. The highest BCUT2D eigenvalue weighted by atomic mass is 32.1. The van der Waals surface area contributed by atoms with Gasteiger partial charge < -0.3 is 0 Å². The second kappa shape index (κ2) is 7.30. The lowest BCUT2D eigenvalue weighted by atomic mass is 10.1. The Labute approximate surface area is 117 Å². The molecule has 3 rings (SSSR count). The minimum Gasteiger partial charge on any atom is -0.245 e. The van der Waals surface area contributed by atoms with Gasteiger partial charge in [0, 0.05) is 6.42 Å². The number of aryl methyl sites for hydroxylation is 1. The van der Waals surface area contributed by atoms with E-state index in [-0.39, 0.29) is 0 Å². The molecule has 0 aliphatic carbocycles. The highest BCUT2D eigenvalue weighted by molar-refractivity contribution is 7.16. The third kappa shape index (κ3) is 4.20. The molecule has 0 spiro atoms. The number of para-hydroxylation sites is 1. The van der Waals surface area contributed by atoms with E-state index in [2.05, 4.69) is 17.1 Å². The van der Waals surface area contributed by atoms with Gasteiger partial charge in [-0.2, -0.15) is 5.26 Å². The topological polar surface area (TPSA) is 36.7 Å². The van der Waals surface area contributed by atoms with Crippen LogP contribution in [0.5, 0.6) is 0 Å². The molecule has 2 aromatic carbocycles. The number of nitrogens with zero attached hydrogens (tertiary/aromatic N) is 2. The number of nitriles is 1. The highest BCUT2D eigenvalue weighted by Crippen LogP contribution is 2.15. The summed E-state index contributed by atoms with van der Waals surface area (Å²) in [6.45, 7) is 0. The van der Waals surface area contributed by atoms with Crippen molar-refractivity contribution in [1.29, 1.82) is 5.26 Å². The lowest BCUT2D eigenvalue weighted by Gasteiger charge is -1.92. The molecular formula is C16H14N2S. The maximum atomic E-state index is 8.28. The fourth-order valence-corrected chi connectivity index (χ4v) is 2.33. The van der Waals surface area contributed by atoms with Crippen molar-refractivity contribution < 1.29 is 0 Å². The molecule has 19 heavy (non-hydrogen) atoms. The van der Waals surface area contributed by atoms with Crippen LogP contribution >= 0.6 is 11.3 Å². The molecule has 2 nitrogen and oxygen atoms in total. The van der Waals surface area contributed by atoms with Gasteiger partial charge in [0.1, 0.15) is 0 Å². The molecular weight excluding hydrogens is 252 g/mol. The van der Waals surface area contributed by atoms with E-state index in [9.17, 15) is 0 Å². The molecule has 0 aliphatic rings. The maximum Gasteiger partial charge on any atom is 0.0812 e. The van der Waals surface area contributed by atoms with Crippen molar-refractivity contribution in [3.05, 3.63) is 65.7 Å². The summed E-state index contributed by atoms with van der Waals surface area (Å²) in [4.78, 5) is 4.14. The quantitative estimate of drug-likeness (QED) is 0.687. The second-order valence-corrected chi connectivity index (χ2v) is 4.85. The number of thiazole rings is 1. The van der Waals surface area contributed by atoms with Gasteiger partial charge >= 0.3 is 0 Å². The first-order valence-electron chi connectivity index (χ1n) is 6.09. The standard InChI is InChI=1S/C9H9N.C7H5NS/c10-8-4-7-9-5-2-1-3-6-9;1-2-4-7-6(3-1)8-5-9-7/h1-3,5-6H,4,7H2;1-5H. The zero-order valence-corrected chi connectivity index (χ0v) is 11.3. The maximum absolute atomic E-state index is 8.28. The van der Waals surface area contributed by atoms with Crippen molar-refractivity contribution in [1.82, 2.24) is 4.98 Å². The Morgan fingerprint density at radius 2 is 1.74 bits per heavy atom. The molecule has 1 heterocycles. The normalized spacial score (nSPS) is 9.42. The van der Waals surface area contributed by atoms with E-state index >= 15 is 0 Å². The number of aromatic nitrogens is 1. The first-order chi connectivity index (χ1) is 9.40. The van der Waals surface area contributed by atoms with Gasteiger partial charge in [-0.05, 0) is 24.1 Å². The Morgan fingerprint density at radius 3 is 2.47 bits per heavy atom. The minimum atomic E-state index is 0.615. The van der Waals surface area contributed by atoms with Crippen molar-refractivity contribution in [2.24, 2.45) is 0 Å². The molecule has 0 aliphatic heterocycles. The Kier molecular flexibility index (Phi) is 5.09. The molecule has 94 valence electrons. The Hall–Kier alpha value is -2.18. The summed E-state index contributed by atoms with van der Waals surface area (Å²) in [5.41, 5.74) is 4.21. The van der Waals surface area contributed by atoms with Gasteiger partial charge in [0.25, 0.3) is 0 Å². The monoisotopic (exact) mass is 266 g/mol. The Morgan fingerprint density at radius 1 is 1.00 bits per heavy atom. The predicted octanol–water partition coefficient (Wildman–Crippen LogP) is 4.44. The van der Waals surface area contributed by atoms with Crippen LogP contribution in [-0.4, -0.2) is 4.98 Å². The van der Waals surface area contributed by atoms with E-state index in [0.717, 1.165) is 11.9 Å². The summed E-state index contributed by atoms with van der Waals surface area (Å²) in [6, 6.07) is 20.3. The van der Waals surface area contributed by atoms with Gasteiger partial charge in [-0.25, -0.2) is 4.98 Å². The number of hydrogen-bond acceptors (Lipinski definition) is 3. The fraction of sp³-hybridized carbons (Fsp3) is 0.125. The molecule has 0 saturated carbocycles. The van der Waals surface area contributed by atoms with Gasteiger partial charge in [0.05, 0.1) is 21.8 Å². The molecule has 0 bridgehead atoms. The SMILES string of the molecule is N#CCCc1ccccc1.c1ccc2scnc2c1. The summed E-state index contributed by atoms with van der Waals surface area (Å²) in [5.74, 6) is 0.